The molecule has 2 rings (SSSR count). The molecule has 18 heavy (non-hydrogen) atoms. The van der Waals surface area contributed by atoms with E-state index in [1.54, 1.807) is 12.1 Å². The molecule has 3 nitrogen and oxygen atoms in total. The van der Waals surface area contributed by atoms with Gasteiger partial charge in [-0.1, -0.05) is 31.7 Å². The monoisotopic (exact) mass is 311 g/mol. The molecule has 0 bridgehead atoms. The normalized spacial score (nSPS) is 17.2. The van der Waals surface area contributed by atoms with Crippen LogP contribution in [0.5, 0.6) is 0 Å². The first kappa shape index (κ1) is 13.4. The van der Waals surface area contributed by atoms with Crippen molar-refractivity contribution in [3.05, 3.63) is 28.2 Å². The molecular weight excluding hydrogens is 294 g/mol. The zero-order valence-electron chi connectivity index (χ0n) is 10.3. The third-order valence-corrected chi connectivity index (χ3v) is 4.11. The summed E-state index contributed by atoms with van der Waals surface area (Å²) in [6.07, 6.45) is 7.29. The molecule has 1 saturated carbocycles. The molecule has 0 aliphatic heterocycles. The Labute approximate surface area is 116 Å². The number of rotatable bonds is 3. The molecule has 1 aromatic rings. The van der Waals surface area contributed by atoms with Gasteiger partial charge in [-0.15, -0.1) is 0 Å². The predicted octanol–water partition coefficient (Wildman–Crippen LogP) is 4.28. The first-order valence-corrected chi connectivity index (χ1v) is 7.26. The van der Waals surface area contributed by atoms with Gasteiger partial charge in [-0.3, -0.25) is 0 Å². The largest absolute Gasteiger partial charge is 0.478 e. The van der Waals surface area contributed by atoms with Crippen LogP contribution < -0.4 is 5.32 Å². The van der Waals surface area contributed by atoms with E-state index >= 15 is 0 Å². The Morgan fingerprint density at radius 2 is 1.89 bits per heavy atom. The van der Waals surface area contributed by atoms with Crippen molar-refractivity contribution in [2.75, 3.05) is 5.32 Å². The van der Waals surface area contributed by atoms with Crippen molar-refractivity contribution < 1.29 is 9.90 Å². The van der Waals surface area contributed by atoms with Gasteiger partial charge in [0.2, 0.25) is 0 Å². The van der Waals surface area contributed by atoms with Gasteiger partial charge in [0.05, 0.1) is 11.3 Å². The fourth-order valence-electron chi connectivity index (χ4n) is 2.48. The first-order chi connectivity index (χ1) is 8.68. The van der Waals surface area contributed by atoms with Crippen LogP contribution >= 0.6 is 15.9 Å². The molecule has 2 N–H and O–H groups in total. The molecule has 1 aliphatic carbocycles. The summed E-state index contributed by atoms with van der Waals surface area (Å²) in [7, 11) is 0. The average Bonchev–Trinajstić information content (AvgIpc) is 2.60. The zero-order valence-corrected chi connectivity index (χ0v) is 11.9. The number of carboxylic acids is 1. The van der Waals surface area contributed by atoms with E-state index in [2.05, 4.69) is 21.2 Å². The smallest absolute Gasteiger partial charge is 0.337 e. The Balaban J connectivity index is 2.19. The lowest BCUT2D eigenvalue weighted by atomic mass is 10.1. The van der Waals surface area contributed by atoms with Gasteiger partial charge in [-0.2, -0.15) is 0 Å². The minimum atomic E-state index is -0.882. The topological polar surface area (TPSA) is 49.3 Å². The molecule has 0 spiro atoms. The van der Waals surface area contributed by atoms with Crippen LogP contribution in [0.25, 0.3) is 0 Å². The Bertz CT molecular complexity index is 426. The van der Waals surface area contributed by atoms with E-state index < -0.39 is 5.97 Å². The fourth-order valence-corrected chi connectivity index (χ4v) is 2.96. The number of para-hydroxylation sites is 1. The molecule has 0 amide bonds. The molecule has 1 aliphatic rings. The van der Waals surface area contributed by atoms with Crippen molar-refractivity contribution in [3.8, 4) is 0 Å². The van der Waals surface area contributed by atoms with Crippen molar-refractivity contribution in [1.29, 1.82) is 0 Å². The molecule has 98 valence electrons. The summed E-state index contributed by atoms with van der Waals surface area (Å²) in [6.45, 7) is 0. The van der Waals surface area contributed by atoms with Gasteiger partial charge in [0.15, 0.2) is 0 Å². The van der Waals surface area contributed by atoms with Crippen molar-refractivity contribution in [3.63, 3.8) is 0 Å². The highest BCUT2D eigenvalue weighted by molar-refractivity contribution is 9.10. The lowest BCUT2D eigenvalue weighted by Gasteiger charge is -2.20. The number of hydrogen-bond donors (Lipinski definition) is 2. The minimum Gasteiger partial charge on any atom is -0.478 e. The Kier molecular flexibility index (Phi) is 4.64. The highest BCUT2D eigenvalue weighted by atomic mass is 79.9. The number of carboxylic acid groups (broad SMARTS) is 1. The Morgan fingerprint density at radius 1 is 1.22 bits per heavy atom. The van der Waals surface area contributed by atoms with E-state index in [4.69, 9.17) is 0 Å². The summed E-state index contributed by atoms with van der Waals surface area (Å²) < 4.78 is 0.826. The maximum Gasteiger partial charge on any atom is 0.337 e. The number of halogens is 1. The highest BCUT2D eigenvalue weighted by Crippen LogP contribution is 2.29. The quantitative estimate of drug-likeness (QED) is 0.819. The molecule has 0 aromatic heterocycles. The van der Waals surface area contributed by atoms with E-state index in [9.17, 15) is 9.90 Å². The predicted molar refractivity (Wildman–Crippen MR) is 76.2 cm³/mol. The maximum atomic E-state index is 11.2. The number of hydrogen-bond acceptors (Lipinski definition) is 2. The van der Waals surface area contributed by atoms with Crippen molar-refractivity contribution in [2.45, 2.75) is 44.6 Å². The van der Waals surface area contributed by atoms with E-state index in [0.717, 1.165) is 23.0 Å². The van der Waals surface area contributed by atoms with Crippen LogP contribution in [0.4, 0.5) is 5.69 Å². The standard InChI is InChI=1S/C14H18BrNO2/c15-12-9-5-8-11(14(17)18)13(12)16-10-6-3-1-2-4-7-10/h5,8-10,16H,1-4,6-7H2,(H,17,18). The second-order valence-corrected chi connectivity index (χ2v) is 5.65. The second-order valence-electron chi connectivity index (χ2n) is 4.80. The molecule has 4 heteroatoms. The third-order valence-electron chi connectivity index (χ3n) is 3.45. The van der Waals surface area contributed by atoms with Gasteiger partial charge in [0.1, 0.15) is 0 Å². The SMILES string of the molecule is O=C(O)c1cccc(Br)c1NC1CCCCCC1. The van der Waals surface area contributed by atoms with Gasteiger partial charge in [-0.05, 0) is 40.9 Å². The van der Waals surface area contributed by atoms with E-state index in [-0.39, 0.29) is 0 Å². The lowest BCUT2D eigenvalue weighted by molar-refractivity contribution is 0.0698. The molecular formula is C14H18BrNO2. The molecule has 0 saturated heterocycles. The molecule has 0 heterocycles. The molecule has 1 fully saturated rings. The van der Waals surface area contributed by atoms with Gasteiger partial charge >= 0.3 is 5.97 Å². The van der Waals surface area contributed by atoms with Crippen LogP contribution in [0.1, 0.15) is 48.9 Å². The van der Waals surface area contributed by atoms with Crippen LogP contribution in [0.3, 0.4) is 0 Å². The fraction of sp³-hybridized carbons (Fsp3) is 0.500. The van der Waals surface area contributed by atoms with Crippen molar-refractivity contribution in [2.24, 2.45) is 0 Å². The van der Waals surface area contributed by atoms with E-state index in [0.29, 0.717) is 11.6 Å². The molecule has 1 aromatic carbocycles. The highest BCUT2D eigenvalue weighted by Gasteiger charge is 2.17. The van der Waals surface area contributed by atoms with E-state index in [1.807, 2.05) is 6.07 Å². The Morgan fingerprint density at radius 3 is 2.50 bits per heavy atom. The number of benzene rings is 1. The van der Waals surface area contributed by atoms with Gasteiger partial charge < -0.3 is 10.4 Å². The van der Waals surface area contributed by atoms with Gasteiger partial charge in [0, 0.05) is 10.5 Å². The molecule has 0 radical (unpaired) electrons. The minimum absolute atomic E-state index is 0.341. The maximum absolute atomic E-state index is 11.2. The number of aromatic carboxylic acids is 1. The van der Waals surface area contributed by atoms with Gasteiger partial charge in [0.25, 0.3) is 0 Å². The van der Waals surface area contributed by atoms with Crippen LogP contribution in [0, 0.1) is 0 Å². The lowest BCUT2D eigenvalue weighted by Crippen LogP contribution is -2.20. The summed E-state index contributed by atoms with van der Waals surface area (Å²) in [4.78, 5) is 11.2. The summed E-state index contributed by atoms with van der Waals surface area (Å²) in [5.74, 6) is -0.882. The first-order valence-electron chi connectivity index (χ1n) is 6.47. The van der Waals surface area contributed by atoms with Crippen molar-refractivity contribution >= 4 is 27.6 Å². The van der Waals surface area contributed by atoms with Crippen LogP contribution in [-0.4, -0.2) is 17.1 Å². The number of anilines is 1. The second kappa shape index (κ2) is 6.23. The van der Waals surface area contributed by atoms with E-state index in [1.165, 1.54) is 25.7 Å². The molecule has 0 unspecified atom stereocenters. The molecule has 0 atom stereocenters. The van der Waals surface area contributed by atoms with Crippen LogP contribution in [-0.2, 0) is 0 Å². The third kappa shape index (κ3) is 3.25. The Hall–Kier alpha value is -1.03. The summed E-state index contributed by atoms with van der Waals surface area (Å²) >= 11 is 3.44. The summed E-state index contributed by atoms with van der Waals surface area (Å²) in [5.41, 5.74) is 1.06. The summed E-state index contributed by atoms with van der Waals surface area (Å²) in [6, 6.07) is 5.67. The number of carbonyl (C=O) groups is 1. The number of nitrogens with one attached hydrogen (secondary N) is 1. The van der Waals surface area contributed by atoms with Crippen LogP contribution in [0.2, 0.25) is 0 Å². The van der Waals surface area contributed by atoms with Gasteiger partial charge in [-0.25, -0.2) is 4.79 Å². The van der Waals surface area contributed by atoms with Crippen molar-refractivity contribution in [1.82, 2.24) is 0 Å². The zero-order chi connectivity index (χ0) is 13.0. The summed E-state index contributed by atoms with van der Waals surface area (Å²) in [5, 5.41) is 12.6. The van der Waals surface area contributed by atoms with Crippen LogP contribution in [0.15, 0.2) is 22.7 Å². The average molecular weight is 312 g/mol.